The summed E-state index contributed by atoms with van der Waals surface area (Å²) in [4.78, 5) is 4.22. The number of nitrogens with two attached hydrogens (primary N) is 1. The zero-order chi connectivity index (χ0) is 9.97. The fourth-order valence-corrected chi connectivity index (χ4v) is 1.51. The Kier molecular flexibility index (Phi) is 2.65. The van der Waals surface area contributed by atoms with Gasteiger partial charge in [-0.15, -0.1) is 0 Å². The fraction of sp³-hybridized carbons (Fsp3) is 0.333. The molecule has 2 heterocycles. The molecule has 4 nitrogen and oxygen atoms in total. The zero-order valence-corrected chi connectivity index (χ0v) is 8.41. The molecule has 0 saturated heterocycles. The molecule has 0 amide bonds. The van der Waals surface area contributed by atoms with Crippen molar-refractivity contribution in [1.29, 1.82) is 0 Å². The predicted octanol–water partition coefficient (Wildman–Crippen LogP) is 1.27. The van der Waals surface area contributed by atoms with Gasteiger partial charge in [0, 0.05) is 11.8 Å². The molecule has 2 aromatic heterocycles. The minimum Gasteiger partial charge on any atom is -0.330 e. The van der Waals surface area contributed by atoms with E-state index in [4.69, 9.17) is 17.3 Å². The molecule has 0 spiro atoms. The summed E-state index contributed by atoms with van der Waals surface area (Å²) in [6.45, 7) is 0.685. The molecule has 14 heavy (non-hydrogen) atoms. The molecule has 2 aromatic rings. The van der Waals surface area contributed by atoms with Gasteiger partial charge in [0.1, 0.15) is 0 Å². The zero-order valence-electron chi connectivity index (χ0n) is 7.65. The summed E-state index contributed by atoms with van der Waals surface area (Å²) in [7, 11) is 0. The standard InChI is InChI=1S/C9H11ClN4/c10-8-5-12-9-7(2-1-3-11)4-13-14(9)6-8/h4-6H,1-3,11H2. The van der Waals surface area contributed by atoms with E-state index in [9.17, 15) is 0 Å². The lowest BCUT2D eigenvalue weighted by atomic mass is 10.2. The fourth-order valence-electron chi connectivity index (χ4n) is 1.37. The van der Waals surface area contributed by atoms with E-state index in [-0.39, 0.29) is 0 Å². The molecule has 0 aliphatic heterocycles. The van der Waals surface area contributed by atoms with Crippen LogP contribution in [0.1, 0.15) is 12.0 Å². The maximum atomic E-state index is 5.79. The lowest BCUT2D eigenvalue weighted by Gasteiger charge is -1.96. The Morgan fingerprint density at radius 2 is 2.29 bits per heavy atom. The van der Waals surface area contributed by atoms with Crippen LogP contribution in [0.5, 0.6) is 0 Å². The van der Waals surface area contributed by atoms with E-state index in [0.717, 1.165) is 24.1 Å². The van der Waals surface area contributed by atoms with Gasteiger partial charge in [0.2, 0.25) is 0 Å². The van der Waals surface area contributed by atoms with Crippen molar-refractivity contribution in [2.45, 2.75) is 12.8 Å². The first-order valence-electron chi connectivity index (χ1n) is 4.49. The number of nitrogens with zero attached hydrogens (tertiary/aromatic N) is 3. The second-order valence-electron chi connectivity index (χ2n) is 3.10. The third-order valence-corrected chi connectivity index (χ3v) is 2.24. The van der Waals surface area contributed by atoms with Gasteiger partial charge in [-0.3, -0.25) is 0 Å². The molecule has 0 fully saturated rings. The third kappa shape index (κ3) is 1.71. The second-order valence-corrected chi connectivity index (χ2v) is 3.54. The van der Waals surface area contributed by atoms with Gasteiger partial charge in [-0.25, -0.2) is 9.50 Å². The Morgan fingerprint density at radius 3 is 3.07 bits per heavy atom. The Hall–Kier alpha value is -1.13. The van der Waals surface area contributed by atoms with Crippen LogP contribution in [0.4, 0.5) is 0 Å². The van der Waals surface area contributed by atoms with Crippen LogP contribution in [0.3, 0.4) is 0 Å². The highest BCUT2D eigenvalue weighted by molar-refractivity contribution is 6.30. The van der Waals surface area contributed by atoms with Crippen molar-refractivity contribution in [3.8, 4) is 0 Å². The maximum absolute atomic E-state index is 5.79. The molecule has 0 saturated carbocycles. The van der Waals surface area contributed by atoms with Crippen molar-refractivity contribution in [1.82, 2.24) is 14.6 Å². The number of fused-ring (bicyclic) bond motifs is 1. The largest absolute Gasteiger partial charge is 0.330 e. The Balaban J connectivity index is 2.37. The maximum Gasteiger partial charge on any atom is 0.158 e. The van der Waals surface area contributed by atoms with Crippen molar-refractivity contribution in [3.63, 3.8) is 0 Å². The molecule has 0 atom stereocenters. The summed E-state index contributed by atoms with van der Waals surface area (Å²) in [5.74, 6) is 0. The van der Waals surface area contributed by atoms with E-state index >= 15 is 0 Å². The van der Waals surface area contributed by atoms with Crippen molar-refractivity contribution < 1.29 is 0 Å². The smallest absolute Gasteiger partial charge is 0.158 e. The summed E-state index contributed by atoms with van der Waals surface area (Å²) in [5, 5.41) is 4.75. The van der Waals surface area contributed by atoms with Crippen LogP contribution in [-0.2, 0) is 6.42 Å². The second kappa shape index (κ2) is 3.94. The van der Waals surface area contributed by atoms with Crippen molar-refractivity contribution in [2.24, 2.45) is 5.73 Å². The Labute approximate surface area is 86.7 Å². The highest BCUT2D eigenvalue weighted by atomic mass is 35.5. The lowest BCUT2D eigenvalue weighted by molar-refractivity contribution is 0.835. The van der Waals surface area contributed by atoms with Crippen LogP contribution in [0.15, 0.2) is 18.6 Å². The number of hydrogen-bond donors (Lipinski definition) is 1. The SMILES string of the molecule is NCCCc1cnn2cc(Cl)cnc12. The number of aryl methyl sites for hydroxylation is 1. The minimum absolute atomic E-state index is 0.589. The van der Waals surface area contributed by atoms with Crippen molar-refractivity contribution in [3.05, 3.63) is 29.2 Å². The molecule has 0 aliphatic rings. The van der Waals surface area contributed by atoms with E-state index in [1.165, 1.54) is 0 Å². The van der Waals surface area contributed by atoms with Gasteiger partial charge in [-0.2, -0.15) is 5.10 Å². The van der Waals surface area contributed by atoms with Gasteiger partial charge >= 0.3 is 0 Å². The molecule has 5 heteroatoms. The molecule has 0 aliphatic carbocycles. The first kappa shape index (κ1) is 9.43. The highest BCUT2D eigenvalue weighted by Crippen LogP contribution is 2.12. The number of rotatable bonds is 3. The van der Waals surface area contributed by atoms with Crippen LogP contribution < -0.4 is 5.73 Å². The molecular weight excluding hydrogens is 200 g/mol. The number of halogens is 1. The Morgan fingerprint density at radius 1 is 1.43 bits per heavy atom. The van der Waals surface area contributed by atoms with E-state index < -0.39 is 0 Å². The van der Waals surface area contributed by atoms with Crippen LogP contribution in [0.25, 0.3) is 5.65 Å². The molecular formula is C9H11ClN4. The quantitative estimate of drug-likeness (QED) is 0.830. The average Bonchev–Trinajstić information content (AvgIpc) is 2.57. The van der Waals surface area contributed by atoms with Gasteiger partial charge in [0.25, 0.3) is 0 Å². The van der Waals surface area contributed by atoms with Gasteiger partial charge in [0.15, 0.2) is 5.65 Å². The molecule has 0 aromatic carbocycles. The highest BCUT2D eigenvalue weighted by Gasteiger charge is 2.04. The van der Waals surface area contributed by atoms with Crippen LogP contribution in [-0.4, -0.2) is 21.1 Å². The van der Waals surface area contributed by atoms with Crippen LogP contribution in [0, 0.1) is 0 Å². The van der Waals surface area contributed by atoms with E-state index in [1.807, 2.05) is 6.20 Å². The molecule has 0 unspecified atom stereocenters. The lowest BCUT2D eigenvalue weighted by Crippen LogP contribution is -2.00. The Bertz CT molecular complexity index is 437. The van der Waals surface area contributed by atoms with Gasteiger partial charge in [-0.05, 0) is 19.4 Å². The monoisotopic (exact) mass is 210 g/mol. The van der Waals surface area contributed by atoms with Gasteiger partial charge < -0.3 is 5.73 Å². The summed E-state index contributed by atoms with van der Waals surface area (Å²) in [6, 6.07) is 0. The predicted molar refractivity (Wildman–Crippen MR) is 55.4 cm³/mol. The first-order chi connectivity index (χ1) is 6.81. The van der Waals surface area contributed by atoms with Gasteiger partial charge in [-0.1, -0.05) is 11.6 Å². The van der Waals surface area contributed by atoms with E-state index in [1.54, 1.807) is 16.9 Å². The van der Waals surface area contributed by atoms with E-state index in [0.29, 0.717) is 11.6 Å². The minimum atomic E-state index is 0.589. The molecule has 74 valence electrons. The van der Waals surface area contributed by atoms with Crippen molar-refractivity contribution >= 4 is 17.2 Å². The molecule has 2 N–H and O–H groups in total. The summed E-state index contributed by atoms with van der Waals surface area (Å²) >= 11 is 5.79. The van der Waals surface area contributed by atoms with E-state index in [2.05, 4.69) is 10.1 Å². The third-order valence-electron chi connectivity index (χ3n) is 2.05. The van der Waals surface area contributed by atoms with Crippen molar-refractivity contribution in [2.75, 3.05) is 6.54 Å². The molecule has 0 radical (unpaired) electrons. The summed E-state index contributed by atoms with van der Waals surface area (Å²) in [5.41, 5.74) is 7.43. The topological polar surface area (TPSA) is 56.2 Å². The van der Waals surface area contributed by atoms with Crippen LogP contribution >= 0.6 is 11.6 Å². The summed E-state index contributed by atoms with van der Waals surface area (Å²) in [6.07, 6.45) is 7.05. The number of hydrogen-bond acceptors (Lipinski definition) is 3. The first-order valence-corrected chi connectivity index (χ1v) is 4.87. The molecule has 0 bridgehead atoms. The average molecular weight is 211 g/mol. The normalized spacial score (nSPS) is 11.0. The molecule has 2 rings (SSSR count). The van der Waals surface area contributed by atoms with Gasteiger partial charge in [0.05, 0.1) is 17.4 Å². The number of aromatic nitrogens is 3. The summed E-state index contributed by atoms with van der Waals surface area (Å²) < 4.78 is 1.69. The van der Waals surface area contributed by atoms with Crippen LogP contribution in [0.2, 0.25) is 5.02 Å².